The second-order valence-electron chi connectivity index (χ2n) is 7.89. The van der Waals surface area contributed by atoms with Crippen molar-refractivity contribution in [2.45, 2.75) is 6.92 Å². The number of aromatic nitrogens is 2. The monoisotopic (exact) mass is 402 g/mol. The van der Waals surface area contributed by atoms with Gasteiger partial charge in [0.05, 0.1) is 17.0 Å². The molecule has 0 radical (unpaired) electrons. The van der Waals surface area contributed by atoms with Crippen LogP contribution in [-0.4, -0.2) is 21.5 Å². The highest BCUT2D eigenvalue weighted by molar-refractivity contribution is 6.31. The van der Waals surface area contributed by atoms with Gasteiger partial charge in [0.15, 0.2) is 5.78 Å². The molecule has 4 heteroatoms. The fraction of sp³-hybridized carbons (Fsp3) is 0.0370. The van der Waals surface area contributed by atoms with Crippen LogP contribution in [0.3, 0.4) is 0 Å². The lowest BCUT2D eigenvalue weighted by Crippen LogP contribution is -2.20. The largest absolute Gasteiger partial charge is 0.360 e. The summed E-state index contributed by atoms with van der Waals surface area (Å²) in [7, 11) is 0. The molecule has 2 N–H and O–H groups in total. The van der Waals surface area contributed by atoms with Crippen molar-refractivity contribution in [3.8, 4) is 22.4 Å². The number of aromatic amines is 2. The number of ketones is 2. The standard InChI is InChI=1S/C27H18N2O2/c1-15-8-7-13-17-20(14-28-23(15)17)21-22-25(29-24(21)16-9-3-2-4-10-16)27(31)19-12-6-5-11-18(19)26(22)30/h2-14,28-29H,1H3. The van der Waals surface area contributed by atoms with Gasteiger partial charge in [0.1, 0.15) is 0 Å². The average Bonchev–Trinajstić information content (AvgIpc) is 3.41. The second-order valence-corrected chi connectivity index (χ2v) is 7.89. The highest BCUT2D eigenvalue weighted by Crippen LogP contribution is 2.43. The first-order valence-electron chi connectivity index (χ1n) is 10.2. The van der Waals surface area contributed by atoms with E-state index in [1.807, 2.05) is 48.7 Å². The first-order chi connectivity index (χ1) is 15.1. The van der Waals surface area contributed by atoms with E-state index in [9.17, 15) is 9.59 Å². The molecule has 6 rings (SSSR count). The lowest BCUT2D eigenvalue weighted by molar-refractivity contribution is 0.0977. The van der Waals surface area contributed by atoms with Gasteiger partial charge in [-0.15, -0.1) is 0 Å². The minimum Gasteiger partial charge on any atom is -0.360 e. The van der Waals surface area contributed by atoms with Gasteiger partial charge >= 0.3 is 0 Å². The van der Waals surface area contributed by atoms with E-state index in [-0.39, 0.29) is 11.6 Å². The Hall–Kier alpha value is -4.18. The summed E-state index contributed by atoms with van der Waals surface area (Å²) in [5.41, 5.74) is 7.26. The quantitative estimate of drug-likeness (QED) is 0.378. The van der Waals surface area contributed by atoms with Crippen molar-refractivity contribution in [1.82, 2.24) is 9.97 Å². The molecule has 0 amide bonds. The summed E-state index contributed by atoms with van der Waals surface area (Å²) in [6.45, 7) is 2.05. The van der Waals surface area contributed by atoms with Crippen LogP contribution in [0.1, 0.15) is 37.5 Å². The van der Waals surface area contributed by atoms with Crippen LogP contribution >= 0.6 is 0 Å². The predicted octanol–water partition coefficient (Wildman–Crippen LogP) is 5.91. The Balaban J connectivity index is 1.73. The molecule has 2 aromatic heterocycles. The number of carbonyl (C=O) groups excluding carboxylic acids is 2. The smallest absolute Gasteiger partial charge is 0.210 e. The van der Waals surface area contributed by atoms with E-state index in [0.717, 1.165) is 38.9 Å². The van der Waals surface area contributed by atoms with Crippen LogP contribution in [0.15, 0.2) is 79.0 Å². The maximum Gasteiger partial charge on any atom is 0.210 e. The van der Waals surface area contributed by atoms with Gasteiger partial charge in [-0.1, -0.05) is 72.8 Å². The summed E-state index contributed by atoms with van der Waals surface area (Å²) in [6.07, 6.45) is 1.94. The molecule has 1 aliphatic rings. The average molecular weight is 402 g/mol. The third-order valence-corrected chi connectivity index (χ3v) is 6.13. The molecule has 0 fully saturated rings. The van der Waals surface area contributed by atoms with E-state index in [1.54, 1.807) is 24.3 Å². The summed E-state index contributed by atoms with van der Waals surface area (Å²) < 4.78 is 0. The van der Waals surface area contributed by atoms with Crippen LogP contribution in [-0.2, 0) is 0 Å². The Morgan fingerprint density at radius 3 is 2.13 bits per heavy atom. The van der Waals surface area contributed by atoms with E-state index in [1.165, 1.54) is 0 Å². The Kier molecular flexibility index (Phi) is 3.65. The number of aryl methyl sites for hydroxylation is 1. The number of nitrogens with one attached hydrogen (secondary N) is 2. The first kappa shape index (κ1) is 17.7. The maximum absolute atomic E-state index is 13.6. The minimum absolute atomic E-state index is 0.124. The van der Waals surface area contributed by atoms with E-state index in [2.05, 4.69) is 23.0 Å². The molecule has 0 saturated heterocycles. The van der Waals surface area contributed by atoms with Gasteiger partial charge in [0.25, 0.3) is 0 Å². The molecule has 3 aromatic carbocycles. The molecular formula is C27H18N2O2. The van der Waals surface area contributed by atoms with E-state index in [0.29, 0.717) is 22.4 Å². The van der Waals surface area contributed by atoms with Gasteiger partial charge in [-0.25, -0.2) is 0 Å². The minimum atomic E-state index is -0.148. The molecule has 0 aliphatic heterocycles. The molecular weight excluding hydrogens is 384 g/mol. The molecule has 1 aliphatic carbocycles. The molecule has 5 aromatic rings. The third-order valence-electron chi connectivity index (χ3n) is 6.13. The molecule has 0 unspecified atom stereocenters. The fourth-order valence-electron chi connectivity index (χ4n) is 4.65. The summed E-state index contributed by atoms with van der Waals surface area (Å²) >= 11 is 0. The second kappa shape index (κ2) is 6.41. The van der Waals surface area contributed by atoms with Gasteiger partial charge in [0.2, 0.25) is 5.78 Å². The van der Waals surface area contributed by atoms with Gasteiger partial charge in [-0.3, -0.25) is 9.59 Å². The maximum atomic E-state index is 13.6. The van der Waals surface area contributed by atoms with Crippen LogP contribution in [0.2, 0.25) is 0 Å². The van der Waals surface area contributed by atoms with Crippen LogP contribution in [0, 0.1) is 6.92 Å². The number of rotatable bonds is 2. The Labute approximate surface area is 178 Å². The number of benzene rings is 3. The summed E-state index contributed by atoms with van der Waals surface area (Å²) in [4.78, 5) is 33.7. The molecule has 0 bridgehead atoms. The Bertz CT molecular complexity index is 1520. The first-order valence-corrected chi connectivity index (χ1v) is 10.2. The van der Waals surface area contributed by atoms with Crippen molar-refractivity contribution in [2.75, 3.05) is 0 Å². The Morgan fingerprint density at radius 2 is 1.35 bits per heavy atom. The zero-order valence-electron chi connectivity index (χ0n) is 16.8. The van der Waals surface area contributed by atoms with Crippen LogP contribution in [0.5, 0.6) is 0 Å². The number of hydrogen-bond donors (Lipinski definition) is 2. The van der Waals surface area contributed by atoms with Gasteiger partial charge < -0.3 is 9.97 Å². The predicted molar refractivity (Wildman–Crippen MR) is 122 cm³/mol. The third kappa shape index (κ3) is 2.42. The molecule has 2 heterocycles. The van der Waals surface area contributed by atoms with Crippen molar-refractivity contribution in [3.63, 3.8) is 0 Å². The van der Waals surface area contributed by atoms with Crippen molar-refractivity contribution < 1.29 is 9.59 Å². The van der Waals surface area contributed by atoms with Crippen LogP contribution in [0.4, 0.5) is 0 Å². The van der Waals surface area contributed by atoms with Gasteiger partial charge in [0, 0.05) is 39.4 Å². The fourth-order valence-corrected chi connectivity index (χ4v) is 4.65. The zero-order chi connectivity index (χ0) is 21.1. The van der Waals surface area contributed by atoms with Crippen LogP contribution in [0.25, 0.3) is 33.3 Å². The SMILES string of the molecule is Cc1cccc2c(-c3c(-c4ccccc4)[nH]c4c3C(=O)c3ccccc3C4=O)c[nH]c12. The van der Waals surface area contributed by atoms with E-state index in [4.69, 9.17) is 0 Å². The number of para-hydroxylation sites is 1. The van der Waals surface area contributed by atoms with Crippen molar-refractivity contribution in [2.24, 2.45) is 0 Å². The van der Waals surface area contributed by atoms with Crippen molar-refractivity contribution >= 4 is 22.5 Å². The van der Waals surface area contributed by atoms with Crippen molar-refractivity contribution in [3.05, 3.63) is 107 Å². The molecule has 0 atom stereocenters. The van der Waals surface area contributed by atoms with Crippen molar-refractivity contribution in [1.29, 1.82) is 0 Å². The molecule has 0 spiro atoms. The normalized spacial score (nSPS) is 12.8. The van der Waals surface area contributed by atoms with Gasteiger partial charge in [-0.2, -0.15) is 0 Å². The molecule has 31 heavy (non-hydrogen) atoms. The highest BCUT2D eigenvalue weighted by Gasteiger charge is 2.36. The lowest BCUT2D eigenvalue weighted by atomic mass is 9.84. The summed E-state index contributed by atoms with van der Waals surface area (Å²) in [5, 5.41) is 1.03. The number of fused-ring (bicyclic) bond motifs is 3. The number of H-pyrrole nitrogens is 2. The van der Waals surface area contributed by atoms with Gasteiger partial charge in [-0.05, 0) is 18.1 Å². The molecule has 4 nitrogen and oxygen atoms in total. The molecule has 0 saturated carbocycles. The summed E-state index contributed by atoms with van der Waals surface area (Å²) in [6, 6.07) is 23.0. The lowest BCUT2D eigenvalue weighted by Gasteiger charge is -2.15. The number of hydrogen-bond acceptors (Lipinski definition) is 2. The van der Waals surface area contributed by atoms with E-state index < -0.39 is 0 Å². The van der Waals surface area contributed by atoms with E-state index >= 15 is 0 Å². The molecule has 148 valence electrons. The van der Waals surface area contributed by atoms with Crippen LogP contribution < -0.4 is 0 Å². The highest BCUT2D eigenvalue weighted by atomic mass is 16.1. The topological polar surface area (TPSA) is 65.7 Å². The summed E-state index contributed by atoms with van der Waals surface area (Å²) in [5.74, 6) is -0.273. The Morgan fingerprint density at radius 1 is 0.645 bits per heavy atom. The zero-order valence-corrected chi connectivity index (χ0v) is 16.8. The number of carbonyl (C=O) groups is 2.